The van der Waals surface area contributed by atoms with Crippen molar-refractivity contribution in [2.45, 2.75) is 26.8 Å². The van der Waals surface area contributed by atoms with E-state index in [9.17, 15) is 0 Å². The molecule has 0 fully saturated rings. The minimum absolute atomic E-state index is 0.515. The Kier molecular flexibility index (Phi) is 8.26. The summed E-state index contributed by atoms with van der Waals surface area (Å²) in [4.78, 5) is 8.91. The molecule has 0 aliphatic carbocycles. The summed E-state index contributed by atoms with van der Waals surface area (Å²) < 4.78 is 10.7. The van der Waals surface area contributed by atoms with E-state index in [0.717, 1.165) is 36.8 Å². The molecule has 0 aliphatic heterocycles. The van der Waals surface area contributed by atoms with E-state index in [4.69, 9.17) is 9.47 Å². The normalized spacial score (nSPS) is 11.1. The molecule has 26 heavy (non-hydrogen) atoms. The van der Waals surface area contributed by atoms with Crippen molar-refractivity contribution in [3.05, 3.63) is 53.7 Å². The van der Waals surface area contributed by atoms with Crippen LogP contribution >= 0.6 is 0 Å². The van der Waals surface area contributed by atoms with E-state index in [-0.39, 0.29) is 0 Å². The molecular weight excluding hydrogens is 328 g/mol. The van der Waals surface area contributed by atoms with Crippen molar-refractivity contribution in [3.63, 3.8) is 0 Å². The average Bonchev–Trinajstić information content (AvgIpc) is 2.68. The number of methoxy groups -OCH3 is 1. The first-order chi connectivity index (χ1) is 12.8. The Hall–Kier alpha value is -2.76. The Morgan fingerprint density at radius 2 is 1.92 bits per heavy atom. The second-order valence-corrected chi connectivity index (χ2v) is 5.62. The Morgan fingerprint density at radius 1 is 1.12 bits per heavy atom. The highest BCUT2D eigenvalue weighted by Gasteiger charge is 2.04. The van der Waals surface area contributed by atoms with Gasteiger partial charge in [-0.15, -0.1) is 0 Å². The van der Waals surface area contributed by atoms with Crippen LogP contribution in [0.5, 0.6) is 11.6 Å². The lowest BCUT2D eigenvalue weighted by Gasteiger charge is -2.12. The lowest BCUT2D eigenvalue weighted by molar-refractivity contribution is 0.323. The Bertz CT molecular complexity index is 686. The van der Waals surface area contributed by atoms with Gasteiger partial charge in [-0.25, -0.2) is 9.98 Å². The van der Waals surface area contributed by atoms with Gasteiger partial charge in [-0.1, -0.05) is 18.2 Å². The number of ether oxygens (including phenoxy) is 2. The smallest absolute Gasteiger partial charge is 0.218 e. The van der Waals surface area contributed by atoms with Crippen LogP contribution in [0, 0.1) is 0 Å². The van der Waals surface area contributed by atoms with Gasteiger partial charge in [-0.2, -0.15) is 0 Å². The summed E-state index contributed by atoms with van der Waals surface area (Å²) in [5, 5.41) is 6.63. The van der Waals surface area contributed by atoms with Gasteiger partial charge in [0.05, 0.1) is 20.3 Å². The summed E-state index contributed by atoms with van der Waals surface area (Å²) in [6.45, 7) is 6.71. The average molecular weight is 356 g/mol. The minimum atomic E-state index is 0.515. The van der Waals surface area contributed by atoms with Crippen LogP contribution in [-0.2, 0) is 13.0 Å². The van der Waals surface area contributed by atoms with Crippen molar-refractivity contribution in [1.29, 1.82) is 0 Å². The quantitative estimate of drug-likeness (QED) is 0.534. The molecule has 0 spiro atoms. The van der Waals surface area contributed by atoms with Crippen molar-refractivity contribution >= 4 is 5.96 Å². The number of benzene rings is 1. The fourth-order valence-corrected chi connectivity index (χ4v) is 2.43. The van der Waals surface area contributed by atoms with Crippen LogP contribution < -0.4 is 20.1 Å². The Morgan fingerprint density at radius 3 is 2.62 bits per heavy atom. The van der Waals surface area contributed by atoms with Crippen LogP contribution in [0.1, 0.15) is 25.0 Å². The van der Waals surface area contributed by atoms with Crippen molar-refractivity contribution < 1.29 is 9.47 Å². The second-order valence-electron chi connectivity index (χ2n) is 5.62. The van der Waals surface area contributed by atoms with Crippen molar-refractivity contribution in [1.82, 2.24) is 15.6 Å². The number of nitrogens with one attached hydrogen (secondary N) is 2. The van der Waals surface area contributed by atoms with Gasteiger partial charge >= 0.3 is 0 Å². The van der Waals surface area contributed by atoms with Crippen molar-refractivity contribution in [3.8, 4) is 11.6 Å². The zero-order valence-electron chi connectivity index (χ0n) is 15.8. The molecule has 0 saturated carbocycles. The van der Waals surface area contributed by atoms with Gasteiger partial charge in [-0.3, -0.25) is 0 Å². The van der Waals surface area contributed by atoms with E-state index >= 15 is 0 Å². The number of pyridine rings is 1. The van der Waals surface area contributed by atoms with E-state index < -0.39 is 0 Å². The maximum atomic E-state index is 5.56. The van der Waals surface area contributed by atoms with Gasteiger partial charge in [0.1, 0.15) is 5.75 Å². The largest absolute Gasteiger partial charge is 0.497 e. The van der Waals surface area contributed by atoms with Gasteiger partial charge in [0.25, 0.3) is 0 Å². The summed E-state index contributed by atoms with van der Waals surface area (Å²) in [6, 6.07) is 12.0. The Labute approximate surface area is 155 Å². The van der Waals surface area contributed by atoms with E-state index in [2.05, 4.69) is 39.7 Å². The van der Waals surface area contributed by atoms with Crippen LogP contribution in [0.4, 0.5) is 0 Å². The SMILES string of the molecule is CCNC(=NCc1cccnc1OCC)NCCc1ccc(OC)cc1. The highest BCUT2D eigenvalue weighted by atomic mass is 16.5. The first-order valence-corrected chi connectivity index (χ1v) is 8.98. The number of hydrogen-bond acceptors (Lipinski definition) is 4. The van der Waals surface area contributed by atoms with Crippen LogP contribution in [0.3, 0.4) is 0 Å². The van der Waals surface area contributed by atoms with Gasteiger partial charge in [-0.05, 0) is 44.0 Å². The summed E-state index contributed by atoms with van der Waals surface area (Å²) in [7, 11) is 1.68. The van der Waals surface area contributed by atoms with Crippen LogP contribution in [0.15, 0.2) is 47.6 Å². The molecule has 6 heteroatoms. The van der Waals surface area contributed by atoms with E-state index in [1.54, 1.807) is 13.3 Å². The van der Waals surface area contributed by atoms with Gasteiger partial charge < -0.3 is 20.1 Å². The number of aliphatic imine (C=N–C) groups is 1. The third-order valence-electron chi connectivity index (χ3n) is 3.75. The fraction of sp³-hybridized carbons (Fsp3) is 0.400. The molecule has 140 valence electrons. The zero-order valence-corrected chi connectivity index (χ0v) is 15.8. The fourth-order valence-electron chi connectivity index (χ4n) is 2.43. The molecule has 0 atom stereocenters. The molecule has 1 aromatic carbocycles. The number of rotatable bonds is 9. The van der Waals surface area contributed by atoms with Crippen LogP contribution in [0.25, 0.3) is 0 Å². The van der Waals surface area contributed by atoms with Gasteiger partial charge in [0.2, 0.25) is 5.88 Å². The van der Waals surface area contributed by atoms with E-state index in [1.807, 2.05) is 31.2 Å². The number of aromatic nitrogens is 1. The van der Waals surface area contributed by atoms with Gasteiger partial charge in [0, 0.05) is 24.8 Å². The maximum Gasteiger partial charge on any atom is 0.218 e. The molecule has 1 heterocycles. The minimum Gasteiger partial charge on any atom is -0.497 e. The molecule has 0 saturated heterocycles. The molecule has 1 aromatic heterocycles. The van der Waals surface area contributed by atoms with E-state index in [1.165, 1.54) is 5.56 Å². The highest BCUT2D eigenvalue weighted by Crippen LogP contribution is 2.15. The molecule has 2 rings (SSSR count). The molecule has 6 nitrogen and oxygen atoms in total. The molecule has 0 unspecified atom stereocenters. The maximum absolute atomic E-state index is 5.56. The summed E-state index contributed by atoms with van der Waals surface area (Å²) in [5.74, 6) is 2.30. The van der Waals surface area contributed by atoms with Crippen LogP contribution in [-0.4, -0.2) is 37.7 Å². The highest BCUT2D eigenvalue weighted by molar-refractivity contribution is 5.79. The van der Waals surface area contributed by atoms with Crippen molar-refractivity contribution in [2.24, 2.45) is 4.99 Å². The monoisotopic (exact) mass is 356 g/mol. The predicted octanol–water partition coefficient (Wildman–Crippen LogP) is 2.79. The first kappa shape index (κ1) is 19.6. The summed E-state index contributed by atoms with van der Waals surface area (Å²) >= 11 is 0. The number of nitrogens with zero attached hydrogens (tertiary/aromatic N) is 2. The Balaban J connectivity index is 1.91. The molecule has 0 bridgehead atoms. The second kappa shape index (κ2) is 11.0. The third kappa shape index (κ3) is 6.27. The number of guanidine groups is 1. The molecule has 0 radical (unpaired) electrons. The number of hydrogen-bond donors (Lipinski definition) is 2. The van der Waals surface area contributed by atoms with E-state index in [0.29, 0.717) is 19.0 Å². The molecule has 0 aliphatic rings. The standard InChI is InChI=1S/C20H28N4O2/c1-4-21-20(23-14-12-16-8-10-18(25-3)11-9-16)24-15-17-7-6-13-22-19(17)26-5-2/h6-11,13H,4-5,12,14-15H2,1-3H3,(H2,21,23,24). The molecule has 2 N–H and O–H groups in total. The topological polar surface area (TPSA) is 67.8 Å². The molecule has 2 aromatic rings. The lowest BCUT2D eigenvalue weighted by atomic mass is 10.1. The predicted molar refractivity (Wildman–Crippen MR) is 105 cm³/mol. The summed E-state index contributed by atoms with van der Waals surface area (Å²) in [5.41, 5.74) is 2.22. The third-order valence-corrected chi connectivity index (χ3v) is 3.75. The molecule has 0 amide bonds. The summed E-state index contributed by atoms with van der Waals surface area (Å²) in [6.07, 6.45) is 2.64. The molecular formula is C20H28N4O2. The van der Waals surface area contributed by atoms with Crippen LogP contribution in [0.2, 0.25) is 0 Å². The van der Waals surface area contributed by atoms with Gasteiger partial charge in [0.15, 0.2) is 5.96 Å². The zero-order chi connectivity index (χ0) is 18.6. The lowest BCUT2D eigenvalue weighted by Crippen LogP contribution is -2.38. The van der Waals surface area contributed by atoms with Crippen molar-refractivity contribution in [2.75, 3.05) is 26.8 Å². The first-order valence-electron chi connectivity index (χ1n) is 8.98.